The third-order valence-electron chi connectivity index (χ3n) is 2.73. The van der Waals surface area contributed by atoms with Crippen molar-refractivity contribution in [1.29, 1.82) is 0 Å². The highest BCUT2D eigenvalue weighted by Crippen LogP contribution is 2.28. The van der Waals surface area contributed by atoms with E-state index in [1.165, 1.54) is 12.8 Å². The standard InChI is InChI=1S/C13H16O2/c1-10-4-2-3-5-12(10)13(14)9-15-8-11-6-7-11/h2-5,11H,6-9H2,1H3. The molecular formula is C13H16O2. The number of ether oxygens (including phenoxy) is 1. The first-order chi connectivity index (χ1) is 7.27. The molecule has 0 unspecified atom stereocenters. The summed E-state index contributed by atoms with van der Waals surface area (Å²) in [5.41, 5.74) is 1.81. The van der Waals surface area contributed by atoms with Gasteiger partial charge >= 0.3 is 0 Å². The van der Waals surface area contributed by atoms with Crippen LogP contribution in [0.4, 0.5) is 0 Å². The van der Waals surface area contributed by atoms with Crippen molar-refractivity contribution in [3.63, 3.8) is 0 Å². The molecule has 0 aliphatic heterocycles. The van der Waals surface area contributed by atoms with Crippen LogP contribution in [0.5, 0.6) is 0 Å². The van der Waals surface area contributed by atoms with E-state index in [-0.39, 0.29) is 12.4 Å². The normalized spacial score (nSPS) is 15.3. The molecule has 2 heteroatoms. The Morgan fingerprint density at radius 1 is 1.40 bits per heavy atom. The summed E-state index contributed by atoms with van der Waals surface area (Å²) >= 11 is 0. The Morgan fingerprint density at radius 2 is 2.13 bits per heavy atom. The Balaban J connectivity index is 1.86. The van der Waals surface area contributed by atoms with Crippen molar-refractivity contribution in [2.24, 2.45) is 5.92 Å². The van der Waals surface area contributed by atoms with Crippen molar-refractivity contribution < 1.29 is 9.53 Å². The molecule has 1 aliphatic carbocycles. The average molecular weight is 204 g/mol. The molecule has 0 amide bonds. The second kappa shape index (κ2) is 4.58. The predicted octanol–water partition coefficient (Wildman–Crippen LogP) is 2.60. The fourth-order valence-corrected chi connectivity index (χ4v) is 1.57. The summed E-state index contributed by atoms with van der Waals surface area (Å²) in [7, 11) is 0. The summed E-state index contributed by atoms with van der Waals surface area (Å²) < 4.78 is 5.38. The number of Topliss-reactive ketones (excluding diaryl/α,β-unsaturated/α-hetero) is 1. The van der Waals surface area contributed by atoms with Gasteiger partial charge in [-0.1, -0.05) is 24.3 Å². The van der Waals surface area contributed by atoms with Gasteiger partial charge in [-0.3, -0.25) is 4.79 Å². The summed E-state index contributed by atoms with van der Waals surface area (Å²) in [5.74, 6) is 0.809. The number of benzene rings is 1. The average Bonchev–Trinajstić information content (AvgIpc) is 3.02. The fourth-order valence-electron chi connectivity index (χ4n) is 1.57. The van der Waals surface area contributed by atoms with Gasteiger partial charge in [-0.25, -0.2) is 0 Å². The molecule has 1 aromatic rings. The van der Waals surface area contributed by atoms with E-state index in [0.29, 0.717) is 0 Å². The lowest BCUT2D eigenvalue weighted by atomic mass is 10.1. The highest BCUT2D eigenvalue weighted by Gasteiger charge is 2.21. The number of rotatable bonds is 5. The first kappa shape index (κ1) is 10.4. The lowest BCUT2D eigenvalue weighted by molar-refractivity contribution is 0.0739. The molecule has 0 saturated heterocycles. The molecule has 0 N–H and O–H groups in total. The van der Waals surface area contributed by atoms with E-state index in [1.54, 1.807) is 0 Å². The van der Waals surface area contributed by atoms with Gasteiger partial charge in [0.2, 0.25) is 0 Å². The van der Waals surface area contributed by atoms with Crippen LogP contribution in [0, 0.1) is 12.8 Å². The number of hydrogen-bond acceptors (Lipinski definition) is 2. The van der Waals surface area contributed by atoms with Crippen LogP contribution in [0.25, 0.3) is 0 Å². The van der Waals surface area contributed by atoms with Gasteiger partial charge in [-0.05, 0) is 31.2 Å². The lowest BCUT2D eigenvalue weighted by Gasteiger charge is -2.05. The molecule has 2 nitrogen and oxygen atoms in total. The number of hydrogen-bond donors (Lipinski definition) is 0. The fraction of sp³-hybridized carbons (Fsp3) is 0.462. The van der Waals surface area contributed by atoms with Gasteiger partial charge in [0.15, 0.2) is 5.78 Å². The number of carbonyl (C=O) groups excluding carboxylic acids is 1. The molecule has 1 saturated carbocycles. The third-order valence-corrected chi connectivity index (χ3v) is 2.73. The summed E-state index contributed by atoms with van der Waals surface area (Å²) in [6, 6.07) is 7.64. The van der Waals surface area contributed by atoms with Crippen LogP contribution >= 0.6 is 0 Å². The van der Waals surface area contributed by atoms with E-state index < -0.39 is 0 Å². The van der Waals surface area contributed by atoms with Crippen LogP contribution < -0.4 is 0 Å². The molecular weight excluding hydrogens is 188 g/mol. The molecule has 1 aliphatic rings. The van der Waals surface area contributed by atoms with Crippen LogP contribution in [0.2, 0.25) is 0 Å². The molecule has 0 spiro atoms. The zero-order chi connectivity index (χ0) is 10.7. The van der Waals surface area contributed by atoms with Crippen molar-refractivity contribution >= 4 is 5.78 Å². The maximum Gasteiger partial charge on any atom is 0.188 e. The van der Waals surface area contributed by atoms with E-state index in [1.807, 2.05) is 31.2 Å². The van der Waals surface area contributed by atoms with Crippen molar-refractivity contribution in [1.82, 2.24) is 0 Å². The molecule has 1 fully saturated rings. The monoisotopic (exact) mass is 204 g/mol. The van der Waals surface area contributed by atoms with E-state index in [2.05, 4.69) is 0 Å². The Bertz CT molecular complexity index is 353. The Labute approximate surface area is 90.3 Å². The van der Waals surface area contributed by atoms with Crippen LogP contribution in [0.3, 0.4) is 0 Å². The van der Waals surface area contributed by atoms with Gasteiger partial charge in [-0.15, -0.1) is 0 Å². The summed E-state index contributed by atoms with van der Waals surface area (Å²) in [6.45, 7) is 2.92. The molecule has 2 rings (SSSR count). The van der Waals surface area contributed by atoms with Crippen molar-refractivity contribution in [2.45, 2.75) is 19.8 Å². The van der Waals surface area contributed by atoms with Gasteiger partial charge in [-0.2, -0.15) is 0 Å². The minimum absolute atomic E-state index is 0.0914. The summed E-state index contributed by atoms with van der Waals surface area (Å²) in [6.07, 6.45) is 2.52. The quantitative estimate of drug-likeness (QED) is 0.689. The van der Waals surface area contributed by atoms with Gasteiger partial charge in [0.25, 0.3) is 0 Å². The highest BCUT2D eigenvalue weighted by molar-refractivity contribution is 5.98. The third kappa shape index (κ3) is 2.90. The molecule has 1 aromatic carbocycles. The van der Waals surface area contributed by atoms with Crippen LogP contribution in [-0.2, 0) is 4.74 Å². The van der Waals surface area contributed by atoms with E-state index in [4.69, 9.17) is 4.74 Å². The molecule has 0 bridgehead atoms. The van der Waals surface area contributed by atoms with Crippen molar-refractivity contribution in [3.05, 3.63) is 35.4 Å². The molecule has 0 atom stereocenters. The Hall–Kier alpha value is -1.15. The second-order valence-corrected chi connectivity index (χ2v) is 4.20. The highest BCUT2D eigenvalue weighted by atomic mass is 16.5. The first-order valence-corrected chi connectivity index (χ1v) is 5.44. The Kier molecular flexibility index (Phi) is 3.17. The van der Waals surface area contributed by atoms with Crippen molar-refractivity contribution in [2.75, 3.05) is 13.2 Å². The second-order valence-electron chi connectivity index (χ2n) is 4.20. The smallest absolute Gasteiger partial charge is 0.188 e. The maximum atomic E-state index is 11.7. The lowest BCUT2D eigenvalue weighted by Crippen LogP contribution is -2.11. The minimum atomic E-state index is 0.0914. The van der Waals surface area contributed by atoms with Gasteiger partial charge < -0.3 is 4.74 Å². The Morgan fingerprint density at radius 3 is 2.80 bits per heavy atom. The van der Waals surface area contributed by atoms with Gasteiger partial charge in [0, 0.05) is 5.56 Å². The minimum Gasteiger partial charge on any atom is -0.373 e. The van der Waals surface area contributed by atoms with Gasteiger partial charge in [0.05, 0.1) is 6.61 Å². The van der Waals surface area contributed by atoms with Crippen LogP contribution in [0.15, 0.2) is 24.3 Å². The van der Waals surface area contributed by atoms with Crippen LogP contribution in [0.1, 0.15) is 28.8 Å². The molecule has 0 heterocycles. The van der Waals surface area contributed by atoms with E-state index >= 15 is 0 Å². The largest absolute Gasteiger partial charge is 0.373 e. The zero-order valence-corrected chi connectivity index (χ0v) is 9.03. The van der Waals surface area contributed by atoms with Crippen LogP contribution in [-0.4, -0.2) is 19.0 Å². The maximum absolute atomic E-state index is 11.7. The zero-order valence-electron chi connectivity index (χ0n) is 9.03. The predicted molar refractivity (Wildman–Crippen MR) is 59.1 cm³/mol. The first-order valence-electron chi connectivity index (χ1n) is 5.44. The van der Waals surface area contributed by atoms with E-state index in [0.717, 1.165) is 23.7 Å². The van der Waals surface area contributed by atoms with E-state index in [9.17, 15) is 4.79 Å². The van der Waals surface area contributed by atoms with Gasteiger partial charge in [0.1, 0.15) is 6.61 Å². The number of aryl methyl sites for hydroxylation is 1. The molecule has 0 aromatic heterocycles. The number of carbonyl (C=O) groups is 1. The molecule has 15 heavy (non-hydrogen) atoms. The number of ketones is 1. The summed E-state index contributed by atoms with van der Waals surface area (Å²) in [5, 5.41) is 0. The topological polar surface area (TPSA) is 26.3 Å². The van der Waals surface area contributed by atoms with Crippen molar-refractivity contribution in [3.8, 4) is 0 Å². The molecule has 80 valence electrons. The summed E-state index contributed by atoms with van der Waals surface area (Å²) in [4.78, 5) is 11.7. The SMILES string of the molecule is Cc1ccccc1C(=O)COCC1CC1. The molecule has 0 radical (unpaired) electrons.